The zero-order valence-electron chi connectivity index (χ0n) is 9.34. The maximum atomic E-state index is 12.1. The van der Waals surface area contributed by atoms with Gasteiger partial charge in [0.2, 0.25) is 5.76 Å². The minimum atomic E-state index is -5.78. The molecular weight excluding hydrogens is 305 g/mol. The van der Waals surface area contributed by atoms with Gasteiger partial charge in [0.1, 0.15) is 11.3 Å². The molecule has 0 radical (unpaired) electrons. The van der Waals surface area contributed by atoms with E-state index in [1.54, 1.807) is 0 Å². The fourth-order valence-corrected chi connectivity index (χ4v) is 1.80. The Hall–Kier alpha value is -2.23. The minimum Gasteiger partial charge on any atom is -0.475 e. The molecule has 6 nitrogen and oxygen atoms in total. The van der Waals surface area contributed by atoms with Gasteiger partial charge in [0.05, 0.1) is 0 Å². The van der Waals surface area contributed by atoms with Crippen molar-refractivity contribution >= 4 is 27.1 Å². The number of carboxylic acids is 1. The minimum absolute atomic E-state index is 0.0687. The molecule has 1 heterocycles. The number of halogens is 3. The molecule has 0 aliphatic carbocycles. The lowest BCUT2D eigenvalue weighted by atomic mass is 10.2. The molecule has 0 saturated carbocycles. The second-order valence-electron chi connectivity index (χ2n) is 3.60. The molecule has 0 bridgehead atoms. The Morgan fingerprint density at radius 3 is 2.45 bits per heavy atom. The largest absolute Gasteiger partial charge is 0.534 e. The van der Waals surface area contributed by atoms with E-state index in [2.05, 4.69) is 4.18 Å². The van der Waals surface area contributed by atoms with Crippen molar-refractivity contribution in [3.8, 4) is 5.75 Å². The molecular formula is C10H5F3O6S. The van der Waals surface area contributed by atoms with E-state index < -0.39 is 33.1 Å². The Labute approximate surface area is 109 Å². The van der Waals surface area contributed by atoms with E-state index >= 15 is 0 Å². The van der Waals surface area contributed by atoms with Gasteiger partial charge in [-0.3, -0.25) is 0 Å². The van der Waals surface area contributed by atoms with Crippen LogP contribution in [0.3, 0.4) is 0 Å². The van der Waals surface area contributed by atoms with Gasteiger partial charge in [-0.1, -0.05) is 0 Å². The molecule has 10 heteroatoms. The molecule has 1 N–H and O–H groups in total. The number of hydrogen-bond acceptors (Lipinski definition) is 5. The van der Waals surface area contributed by atoms with E-state index in [1.807, 2.05) is 0 Å². The molecule has 2 aromatic rings. The standard InChI is InChI=1S/C10H5F3O6S/c11-10(12,13)20(16,17)19-6-1-2-7-5(3-6)4-8(18-7)9(14)15/h1-4H,(H,14,15). The van der Waals surface area contributed by atoms with Crippen molar-refractivity contribution in [2.45, 2.75) is 5.51 Å². The number of fused-ring (bicyclic) bond motifs is 1. The van der Waals surface area contributed by atoms with Crippen molar-refractivity contribution in [1.29, 1.82) is 0 Å². The SMILES string of the molecule is O=C(O)c1cc2cc(OS(=O)(=O)C(F)(F)F)ccc2o1. The molecule has 0 atom stereocenters. The van der Waals surface area contributed by atoms with Crippen molar-refractivity contribution in [2.75, 3.05) is 0 Å². The number of rotatable bonds is 3. The van der Waals surface area contributed by atoms with Gasteiger partial charge in [0, 0.05) is 5.39 Å². The van der Waals surface area contributed by atoms with E-state index in [9.17, 15) is 26.4 Å². The molecule has 0 unspecified atom stereocenters. The van der Waals surface area contributed by atoms with Crippen LogP contribution in [0.4, 0.5) is 13.2 Å². The quantitative estimate of drug-likeness (QED) is 0.691. The van der Waals surface area contributed by atoms with Crippen LogP contribution in [0.1, 0.15) is 10.6 Å². The maximum Gasteiger partial charge on any atom is 0.534 e. The lowest BCUT2D eigenvalue weighted by Gasteiger charge is -2.08. The molecule has 0 aliphatic rings. The number of hydrogen-bond donors (Lipinski definition) is 1. The Morgan fingerprint density at radius 1 is 1.25 bits per heavy atom. The summed E-state index contributed by atoms with van der Waals surface area (Å²) in [6.07, 6.45) is 0. The topological polar surface area (TPSA) is 93.8 Å². The van der Waals surface area contributed by atoms with Gasteiger partial charge in [0.25, 0.3) is 0 Å². The second kappa shape index (κ2) is 4.40. The summed E-state index contributed by atoms with van der Waals surface area (Å²) in [5, 5.41) is 8.77. The van der Waals surface area contributed by atoms with Crippen LogP contribution < -0.4 is 4.18 Å². The summed E-state index contributed by atoms with van der Waals surface area (Å²) in [4.78, 5) is 10.6. The normalized spacial score (nSPS) is 12.6. The average Bonchev–Trinajstić information content (AvgIpc) is 2.69. The van der Waals surface area contributed by atoms with Gasteiger partial charge < -0.3 is 13.7 Å². The lowest BCUT2D eigenvalue weighted by Crippen LogP contribution is -2.27. The number of carbonyl (C=O) groups is 1. The predicted molar refractivity (Wildman–Crippen MR) is 58.8 cm³/mol. The van der Waals surface area contributed by atoms with Crippen LogP contribution in [0.5, 0.6) is 5.75 Å². The molecule has 0 saturated heterocycles. The smallest absolute Gasteiger partial charge is 0.475 e. The summed E-state index contributed by atoms with van der Waals surface area (Å²) in [6, 6.07) is 3.98. The predicted octanol–water partition coefficient (Wildman–Crippen LogP) is 2.36. The summed E-state index contributed by atoms with van der Waals surface area (Å²) in [5.74, 6) is -2.41. The molecule has 1 aromatic carbocycles. The van der Waals surface area contributed by atoms with E-state index in [0.29, 0.717) is 0 Å². The van der Waals surface area contributed by atoms with E-state index in [0.717, 1.165) is 24.3 Å². The Balaban J connectivity index is 2.40. The highest BCUT2D eigenvalue weighted by atomic mass is 32.2. The van der Waals surface area contributed by atoms with E-state index in [4.69, 9.17) is 9.52 Å². The highest BCUT2D eigenvalue weighted by Gasteiger charge is 2.48. The molecule has 1 aromatic heterocycles. The van der Waals surface area contributed by atoms with Gasteiger partial charge >= 0.3 is 21.6 Å². The van der Waals surface area contributed by atoms with Gasteiger partial charge in [-0.15, -0.1) is 0 Å². The van der Waals surface area contributed by atoms with Crippen LogP contribution in [0.2, 0.25) is 0 Å². The van der Waals surface area contributed by atoms with Gasteiger partial charge in [-0.05, 0) is 24.3 Å². The highest BCUT2D eigenvalue weighted by molar-refractivity contribution is 7.88. The van der Waals surface area contributed by atoms with Crippen molar-refractivity contribution in [3.05, 3.63) is 30.0 Å². The summed E-state index contributed by atoms with van der Waals surface area (Å²) < 4.78 is 66.8. The summed E-state index contributed by atoms with van der Waals surface area (Å²) in [6.45, 7) is 0. The molecule has 0 spiro atoms. The molecule has 2 rings (SSSR count). The van der Waals surface area contributed by atoms with Crippen molar-refractivity contribution in [1.82, 2.24) is 0 Å². The molecule has 20 heavy (non-hydrogen) atoms. The van der Waals surface area contributed by atoms with E-state index in [-0.39, 0.29) is 11.0 Å². The molecule has 108 valence electrons. The molecule has 0 amide bonds. The van der Waals surface area contributed by atoms with Crippen LogP contribution in [-0.4, -0.2) is 25.0 Å². The number of alkyl halides is 3. The van der Waals surface area contributed by atoms with E-state index in [1.165, 1.54) is 0 Å². The molecule has 0 fully saturated rings. The first-order valence-corrected chi connectivity index (χ1v) is 6.28. The monoisotopic (exact) mass is 310 g/mol. The average molecular weight is 310 g/mol. The summed E-state index contributed by atoms with van der Waals surface area (Å²) >= 11 is 0. The first-order chi connectivity index (χ1) is 9.10. The zero-order chi connectivity index (χ0) is 15.1. The highest BCUT2D eigenvalue weighted by Crippen LogP contribution is 2.29. The number of benzene rings is 1. The Bertz CT molecular complexity index is 774. The zero-order valence-corrected chi connectivity index (χ0v) is 10.2. The Morgan fingerprint density at radius 2 is 1.90 bits per heavy atom. The van der Waals surface area contributed by atoms with Gasteiger partial charge in [-0.2, -0.15) is 21.6 Å². The summed E-state index contributed by atoms with van der Waals surface area (Å²) in [5.41, 5.74) is -5.48. The number of carboxylic acid groups (broad SMARTS) is 1. The van der Waals surface area contributed by atoms with Crippen LogP contribution >= 0.6 is 0 Å². The van der Waals surface area contributed by atoms with Crippen molar-refractivity contribution in [2.24, 2.45) is 0 Å². The van der Waals surface area contributed by atoms with Gasteiger partial charge in [0.15, 0.2) is 0 Å². The Kier molecular flexibility index (Phi) is 3.12. The third kappa shape index (κ3) is 2.54. The summed E-state index contributed by atoms with van der Waals surface area (Å²) in [7, 11) is -5.78. The third-order valence-corrected chi connectivity index (χ3v) is 3.17. The maximum absolute atomic E-state index is 12.1. The van der Waals surface area contributed by atoms with Gasteiger partial charge in [-0.25, -0.2) is 4.79 Å². The number of aromatic carboxylic acids is 1. The van der Waals surface area contributed by atoms with Crippen LogP contribution in [0.25, 0.3) is 11.0 Å². The fourth-order valence-electron chi connectivity index (χ4n) is 1.35. The van der Waals surface area contributed by atoms with Crippen LogP contribution in [0.15, 0.2) is 28.7 Å². The van der Waals surface area contributed by atoms with Crippen molar-refractivity contribution < 1.29 is 40.1 Å². The van der Waals surface area contributed by atoms with Crippen LogP contribution in [-0.2, 0) is 10.1 Å². The fraction of sp³-hybridized carbons (Fsp3) is 0.100. The lowest BCUT2D eigenvalue weighted by molar-refractivity contribution is -0.0500. The first kappa shape index (κ1) is 14.2. The van der Waals surface area contributed by atoms with Crippen molar-refractivity contribution in [3.63, 3.8) is 0 Å². The first-order valence-electron chi connectivity index (χ1n) is 4.88. The third-order valence-electron chi connectivity index (χ3n) is 2.19. The second-order valence-corrected chi connectivity index (χ2v) is 5.14. The van der Waals surface area contributed by atoms with Crippen LogP contribution in [0, 0.1) is 0 Å². The molecule has 0 aliphatic heterocycles. The number of furan rings is 1.